The Hall–Kier alpha value is -3.09. The summed E-state index contributed by atoms with van der Waals surface area (Å²) in [6, 6.07) is 12.0. The van der Waals surface area contributed by atoms with Crippen LogP contribution in [0, 0.1) is 6.92 Å². The minimum Gasteiger partial charge on any atom is -0.507 e. The number of hydrogen-bond donors (Lipinski definition) is 1. The summed E-state index contributed by atoms with van der Waals surface area (Å²) in [5, 5.41) is 13.7. The molecule has 7 heteroatoms. The lowest BCUT2D eigenvalue weighted by atomic mass is 9.89. The predicted molar refractivity (Wildman–Crippen MR) is 135 cm³/mol. The van der Waals surface area contributed by atoms with Gasteiger partial charge in [0.25, 0.3) is 11.7 Å². The molecule has 1 N–H and O–H groups in total. The first-order chi connectivity index (χ1) is 16.4. The largest absolute Gasteiger partial charge is 0.507 e. The number of hydrogen-bond acceptors (Lipinski definition) is 5. The molecule has 1 saturated heterocycles. The number of halogens is 1. The van der Waals surface area contributed by atoms with Gasteiger partial charge >= 0.3 is 0 Å². The topological polar surface area (TPSA) is 66.8 Å². The highest BCUT2D eigenvalue weighted by Crippen LogP contribution is 2.46. The lowest BCUT2D eigenvalue weighted by Gasteiger charge is -2.25. The number of carbonyl (C=O) groups is 2. The van der Waals surface area contributed by atoms with Gasteiger partial charge in [0.2, 0.25) is 0 Å². The molecule has 174 valence electrons. The van der Waals surface area contributed by atoms with Crippen LogP contribution >= 0.6 is 22.9 Å². The van der Waals surface area contributed by atoms with Crippen LogP contribution in [0.4, 0.5) is 5.69 Å². The molecule has 0 radical (unpaired) electrons. The van der Waals surface area contributed by atoms with E-state index in [-0.39, 0.29) is 11.3 Å². The number of fused-ring (bicyclic) bond motifs is 1. The van der Waals surface area contributed by atoms with Crippen molar-refractivity contribution < 1.29 is 19.4 Å². The number of carbonyl (C=O) groups excluding carboxylic acids is 2. The second-order valence-corrected chi connectivity index (χ2v) is 10.0. The van der Waals surface area contributed by atoms with Crippen molar-refractivity contribution in [3.8, 4) is 5.75 Å². The lowest BCUT2D eigenvalue weighted by Crippen LogP contribution is -2.29. The van der Waals surface area contributed by atoms with Crippen molar-refractivity contribution in [3.05, 3.63) is 85.6 Å². The smallest absolute Gasteiger partial charge is 0.300 e. The van der Waals surface area contributed by atoms with Crippen LogP contribution in [-0.4, -0.2) is 23.9 Å². The Morgan fingerprint density at radius 1 is 1.09 bits per heavy atom. The van der Waals surface area contributed by atoms with Gasteiger partial charge in [0.15, 0.2) is 0 Å². The van der Waals surface area contributed by atoms with Crippen LogP contribution in [0.5, 0.6) is 5.75 Å². The zero-order valence-electron chi connectivity index (χ0n) is 18.9. The molecule has 1 aliphatic heterocycles. The van der Waals surface area contributed by atoms with Crippen LogP contribution in [0.1, 0.15) is 46.0 Å². The maximum absolute atomic E-state index is 13.4. The average molecular weight is 494 g/mol. The monoisotopic (exact) mass is 493 g/mol. The molecule has 5 nitrogen and oxygen atoms in total. The van der Waals surface area contributed by atoms with Gasteiger partial charge < -0.3 is 9.84 Å². The van der Waals surface area contributed by atoms with Crippen LogP contribution < -0.4 is 9.64 Å². The van der Waals surface area contributed by atoms with Crippen LogP contribution in [0.15, 0.2) is 53.4 Å². The number of Topliss-reactive ketones (excluding diaryl/α,β-unsaturated/α-hetero) is 1. The molecule has 2 aromatic carbocycles. The molecule has 3 aromatic rings. The zero-order valence-corrected chi connectivity index (χ0v) is 20.5. The molecule has 0 bridgehead atoms. The normalized spacial score (nSPS) is 19.4. The fourth-order valence-corrected chi connectivity index (χ4v) is 6.13. The summed E-state index contributed by atoms with van der Waals surface area (Å²) >= 11 is 7.80. The molecule has 34 heavy (non-hydrogen) atoms. The van der Waals surface area contributed by atoms with Gasteiger partial charge in [-0.1, -0.05) is 23.7 Å². The predicted octanol–water partition coefficient (Wildman–Crippen LogP) is 6.22. The number of anilines is 1. The summed E-state index contributed by atoms with van der Waals surface area (Å²) in [4.78, 5) is 28.9. The third kappa shape index (κ3) is 3.71. The van der Waals surface area contributed by atoms with Crippen LogP contribution in [0.2, 0.25) is 5.02 Å². The van der Waals surface area contributed by atoms with Crippen molar-refractivity contribution in [3.63, 3.8) is 0 Å². The summed E-state index contributed by atoms with van der Waals surface area (Å²) in [6.45, 7) is 1.94. The molecule has 5 rings (SSSR count). The van der Waals surface area contributed by atoms with Crippen LogP contribution in [0.3, 0.4) is 0 Å². The molecule has 0 spiro atoms. The van der Waals surface area contributed by atoms with Gasteiger partial charge in [0.1, 0.15) is 17.6 Å². The summed E-state index contributed by atoms with van der Waals surface area (Å²) in [5.41, 5.74) is 4.54. The molecule has 2 heterocycles. The first-order valence-corrected chi connectivity index (χ1v) is 12.5. The standard InChI is InChI=1S/C27H24ClNO4S/c1-15-11-12-34-26(15)23-22(24(30)18-8-7-16-5-3-4-6-17(16)13-18)25(31)27(32)29(23)19-9-10-21(33-2)20(28)14-19/h7-14,23,30H,3-6H2,1-2H3/b24-22-. The minimum atomic E-state index is -0.750. The first kappa shape index (κ1) is 22.7. The highest BCUT2D eigenvalue weighted by Gasteiger charge is 2.48. The number of methoxy groups -OCH3 is 1. The minimum absolute atomic E-state index is 0.0956. The van der Waals surface area contributed by atoms with Gasteiger partial charge in [-0.05, 0) is 85.0 Å². The summed E-state index contributed by atoms with van der Waals surface area (Å²) in [6.07, 6.45) is 4.23. The maximum atomic E-state index is 13.4. The van der Waals surface area contributed by atoms with Gasteiger partial charge in [-0.3, -0.25) is 14.5 Å². The first-order valence-electron chi connectivity index (χ1n) is 11.2. The zero-order chi connectivity index (χ0) is 24.0. The number of nitrogens with zero attached hydrogens (tertiary/aromatic N) is 1. The average Bonchev–Trinajstić information content (AvgIpc) is 3.38. The second kappa shape index (κ2) is 8.93. The number of aryl methyl sites for hydroxylation is 3. The number of benzene rings is 2. The number of ketones is 1. The third-order valence-electron chi connectivity index (χ3n) is 6.63. The molecule has 1 amide bonds. The number of amides is 1. The Morgan fingerprint density at radius 3 is 2.53 bits per heavy atom. The van der Waals surface area contributed by atoms with E-state index >= 15 is 0 Å². The number of ether oxygens (including phenoxy) is 1. The van der Waals surface area contributed by atoms with Crippen molar-refractivity contribution in [2.45, 2.75) is 38.6 Å². The quantitative estimate of drug-likeness (QED) is 0.266. The van der Waals surface area contributed by atoms with Crippen LogP contribution in [0.25, 0.3) is 5.76 Å². The molecule has 0 saturated carbocycles. The number of aliphatic hydroxyl groups is 1. The SMILES string of the molecule is COc1ccc(N2C(=O)C(=O)/C(=C(\O)c3ccc4c(c3)CCCC4)C2c2sccc2C)cc1Cl. The van der Waals surface area contributed by atoms with E-state index in [0.717, 1.165) is 36.1 Å². The van der Waals surface area contributed by atoms with Gasteiger partial charge in [-0.15, -0.1) is 11.3 Å². The second-order valence-electron chi connectivity index (χ2n) is 8.65. The Kier molecular flexibility index (Phi) is 5.96. The van der Waals surface area contributed by atoms with E-state index in [1.807, 2.05) is 36.6 Å². The fraction of sp³-hybridized carbons (Fsp3) is 0.259. The lowest BCUT2D eigenvalue weighted by molar-refractivity contribution is -0.132. The highest BCUT2D eigenvalue weighted by atomic mass is 35.5. The Bertz CT molecular complexity index is 1340. The van der Waals surface area contributed by atoms with E-state index in [2.05, 4.69) is 0 Å². The van der Waals surface area contributed by atoms with Crippen molar-refractivity contribution in [1.82, 2.24) is 0 Å². The maximum Gasteiger partial charge on any atom is 0.300 e. The summed E-state index contributed by atoms with van der Waals surface area (Å²) in [7, 11) is 1.51. The van der Waals surface area contributed by atoms with Crippen molar-refractivity contribution in [2.24, 2.45) is 0 Å². The van der Waals surface area contributed by atoms with Crippen molar-refractivity contribution >= 4 is 46.1 Å². The Labute approximate surface area is 207 Å². The molecule has 1 aliphatic carbocycles. The molecule has 1 fully saturated rings. The summed E-state index contributed by atoms with van der Waals surface area (Å²) < 4.78 is 5.24. The summed E-state index contributed by atoms with van der Waals surface area (Å²) in [5.74, 6) is -1.08. The molecule has 1 atom stereocenters. The number of thiophene rings is 1. The van der Waals surface area contributed by atoms with E-state index in [4.69, 9.17) is 16.3 Å². The Balaban J connectivity index is 1.69. The highest BCUT2D eigenvalue weighted by molar-refractivity contribution is 7.10. The fourth-order valence-electron chi connectivity index (χ4n) is 4.85. The number of rotatable bonds is 4. The molecule has 2 aliphatic rings. The molecule has 1 aromatic heterocycles. The van der Waals surface area contributed by atoms with Crippen molar-refractivity contribution in [1.29, 1.82) is 0 Å². The number of aliphatic hydroxyl groups excluding tert-OH is 1. The van der Waals surface area contributed by atoms with Gasteiger partial charge in [0.05, 0.1) is 17.7 Å². The van der Waals surface area contributed by atoms with E-state index in [1.54, 1.807) is 18.2 Å². The van der Waals surface area contributed by atoms with E-state index in [1.165, 1.54) is 34.5 Å². The van der Waals surface area contributed by atoms with Gasteiger partial charge in [0, 0.05) is 16.1 Å². The van der Waals surface area contributed by atoms with Gasteiger partial charge in [-0.2, -0.15) is 0 Å². The Morgan fingerprint density at radius 2 is 1.85 bits per heavy atom. The third-order valence-corrected chi connectivity index (χ3v) is 8.00. The van der Waals surface area contributed by atoms with Crippen LogP contribution in [-0.2, 0) is 22.4 Å². The van der Waals surface area contributed by atoms with Gasteiger partial charge in [-0.25, -0.2) is 0 Å². The van der Waals surface area contributed by atoms with E-state index < -0.39 is 17.7 Å². The van der Waals surface area contributed by atoms with Crippen molar-refractivity contribution in [2.75, 3.05) is 12.0 Å². The van der Waals surface area contributed by atoms with E-state index in [0.29, 0.717) is 22.0 Å². The molecular formula is C27H24ClNO4S. The molecular weight excluding hydrogens is 470 g/mol. The molecule has 1 unspecified atom stereocenters. The van der Waals surface area contributed by atoms with E-state index in [9.17, 15) is 14.7 Å².